The minimum absolute atomic E-state index is 0.0654. The Morgan fingerprint density at radius 1 is 0.784 bits per heavy atom. The molecule has 3 saturated heterocycles. The monoisotopic (exact) mass is 692 g/mol. The average Bonchev–Trinajstić information content (AvgIpc) is 3.96. The minimum atomic E-state index is 0.0654. The maximum absolute atomic E-state index is 6.47. The molecule has 3 unspecified atom stereocenters. The maximum Gasteiger partial charge on any atom is 0.127 e. The lowest BCUT2D eigenvalue weighted by Gasteiger charge is -2.20. The molecule has 270 valence electrons. The normalized spacial score (nSPS) is 21.0. The first-order valence-corrected chi connectivity index (χ1v) is 17.2. The molecule has 0 N–H and O–H groups in total. The van der Waals surface area contributed by atoms with Crippen molar-refractivity contribution in [2.75, 3.05) is 39.6 Å². The number of aryl methyl sites for hydroxylation is 1. The lowest BCUT2D eigenvalue weighted by Crippen LogP contribution is -2.05. The van der Waals surface area contributed by atoms with Crippen molar-refractivity contribution in [3.8, 4) is 0 Å². The molecule has 0 radical (unpaired) electrons. The van der Waals surface area contributed by atoms with Gasteiger partial charge in [-0.15, -0.1) is 0 Å². The third kappa shape index (κ3) is 12.8. The summed E-state index contributed by atoms with van der Waals surface area (Å²) < 4.78 is 40.2. The molecule has 3 fully saturated rings. The van der Waals surface area contributed by atoms with E-state index in [2.05, 4.69) is 58.0 Å². The third-order valence-corrected chi connectivity index (χ3v) is 8.22. The highest BCUT2D eigenvalue weighted by Crippen LogP contribution is 2.35. The zero-order valence-corrected chi connectivity index (χ0v) is 30.8. The van der Waals surface area contributed by atoms with Gasteiger partial charge in [-0.05, 0) is 111 Å². The minimum Gasteiger partial charge on any atom is -0.491 e. The maximum atomic E-state index is 6.47. The van der Waals surface area contributed by atoms with Crippen molar-refractivity contribution in [1.82, 2.24) is 0 Å². The lowest BCUT2D eigenvalue weighted by molar-refractivity contribution is 0.194. The summed E-state index contributed by atoms with van der Waals surface area (Å²) in [5, 5.41) is 0. The molecule has 0 spiro atoms. The van der Waals surface area contributed by atoms with Crippen LogP contribution in [0.3, 0.4) is 0 Å². The van der Waals surface area contributed by atoms with Crippen molar-refractivity contribution >= 4 is 11.6 Å². The van der Waals surface area contributed by atoms with Gasteiger partial charge in [0.05, 0.1) is 19.8 Å². The second-order valence-electron chi connectivity index (χ2n) is 12.5. The Hall–Kier alpha value is -4.82. The van der Waals surface area contributed by atoms with Gasteiger partial charge in [0.2, 0.25) is 0 Å². The van der Waals surface area contributed by atoms with Crippen molar-refractivity contribution in [3.63, 3.8) is 0 Å². The Morgan fingerprint density at radius 2 is 1.39 bits per heavy atom. The molecule has 3 heterocycles. The smallest absolute Gasteiger partial charge is 0.127 e. The van der Waals surface area contributed by atoms with Crippen LogP contribution in [0.15, 0.2) is 151 Å². The lowest BCUT2D eigenvalue weighted by atomic mass is 9.89. The van der Waals surface area contributed by atoms with E-state index in [9.17, 15) is 0 Å². The molecule has 0 bridgehead atoms. The highest BCUT2D eigenvalue weighted by molar-refractivity contribution is 5.87. The molecule has 7 nitrogen and oxygen atoms in total. The van der Waals surface area contributed by atoms with E-state index >= 15 is 0 Å². The summed E-state index contributed by atoms with van der Waals surface area (Å²) in [6, 6.07) is 6.26. The molecule has 0 saturated carbocycles. The molecule has 1 aromatic rings. The summed E-state index contributed by atoms with van der Waals surface area (Å²) >= 11 is 0. The standard InChI is InChI=1S/C44H52O7/c1-11-30(7)36(20-33(10)46-24-40-26-48-40)21-37(12-2)51-38(13-3)22-42(29(5)6)44(43(14-4)50-28-41-27-49-41)35-18-17-34(31(8)19-35)16-15-32(9)45-23-39-25-47-39/h11-22,39-41H,2,4-5,9-10,23-28H2,1,3,6-8H3/b16-15-,30-11-,36-20-,37-21+,38-13+,42-22+,44-43+. The number of rotatable bonds is 22. The van der Waals surface area contributed by atoms with Crippen molar-refractivity contribution in [3.05, 3.63) is 167 Å². The number of epoxide rings is 3. The van der Waals surface area contributed by atoms with Gasteiger partial charge >= 0.3 is 0 Å². The van der Waals surface area contributed by atoms with Gasteiger partial charge in [0.1, 0.15) is 66.9 Å². The second-order valence-corrected chi connectivity index (χ2v) is 12.5. The highest BCUT2D eigenvalue weighted by atomic mass is 16.6. The Kier molecular flexibility index (Phi) is 14.5. The van der Waals surface area contributed by atoms with E-state index in [1.807, 2.05) is 70.2 Å². The second kappa shape index (κ2) is 19.0. The molecule has 0 aromatic heterocycles. The topological polar surface area (TPSA) is 74.5 Å². The van der Waals surface area contributed by atoms with Crippen molar-refractivity contribution in [2.24, 2.45) is 0 Å². The molecule has 0 amide bonds. The Bertz CT molecular complexity index is 1710. The summed E-state index contributed by atoms with van der Waals surface area (Å²) in [5.74, 6) is 2.88. The van der Waals surface area contributed by atoms with Crippen LogP contribution in [0, 0.1) is 6.92 Å². The van der Waals surface area contributed by atoms with Gasteiger partial charge in [-0.3, -0.25) is 0 Å². The summed E-state index contributed by atoms with van der Waals surface area (Å²) in [6.07, 6.45) is 17.4. The van der Waals surface area contributed by atoms with Crippen LogP contribution in [-0.2, 0) is 33.2 Å². The van der Waals surface area contributed by atoms with E-state index in [0.717, 1.165) is 57.8 Å². The van der Waals surface area contributed by atoms with Gasteiger partial charge in [0.15, 0.2) is 0 Å². The van der Waals surface area contributed by atoms with Crippen molar-refractivity contribution in [1.29, 1.82) is 0 Å². The Morgan fingerprint density at radius 3 is 1.90 bits per heavy atom. The molecule has 3 aliphatic rings. The number of allylic oxidation sites excluding steroid dienone is 13. The van der Waals surface area contributed by atoms with Gasteiger partial charge in [-0.2, -0.15) is 0 Å². The molecule has 4 rings (SSSR count). The first kappa shape index (κ1) is 39.0. The van der Waals surface area contributed by atoms with E-state index in [0.29, 0.717) is 55.2 Å². The number of ether oxygens (including phenoxy) is 7. The van der Waals surface area contributed by atoms with Gasteiger partial charge < -0.3 is 33.2 Å². The van der Waals surface area contributed by atoms with Crippen LogP contribution < -0.4 is 0 Å². The molecule has 51 heavy (non-hydrogen) atoms. The van der Waals surface area contributed by atoms with E-state index in [1.165, 1.54) is 0 Å². The van der Waals surface area contributed by atoms with E-state index < -0.39 is 0 Å². The average molecular weight is 693 g/mol. The fourth-order valence-corrected chi connectivity index (χ4v) is 4.78. The Labute approximate surface area is 304 Å². The molecular formula is C44H52O7. The fourth-order valence-electron chi connectivity index (χ4n) is 4.78. The van der Waals surface area contributed by atoms with Crippen molar-refractivity contribution in [2.45, 2.75) is 52.9 Å². The van der Waals surface area contributed by atoms with Crippen LogP contribution in [0.1, 0.15) is 44.4 Å². The van der Waals surface area contributed by atoms with Crippen LogP contribution in [0.4, 0.5) is 0 Å². The van der Waals surface area contributed by atoms with Gasteiger partial charge in [-0.25, -0.2) is 0 Å². The molecule has 1 aromatic carbocycles. The predicted molar refractivity (Wildman–Crippen MR) is 206 cm³/mol. The Balaban J connectivity index is 1.67. The first-order chi connectivity index (χ1) is 24.5. The number of hydrogen-bond acceptors (Lipinski definition) is 7. The molecule has 3 aliphatic heterocycles. The van der Waals surface area contributed by atoms with Crippen LogP contribution in [0.2, 0.25) is 0 Å². The number of benzene rings is 1. The SMILES string of the molecule is C=C\C(=C/C(=C/C(=C)OCC1CO1)C(/C)=C\C)OC(=C/C)/C=C(C(=C)C)/C(=C(\C=C)OCC1CO1)c1ccc(/C=C\C(=C)OCC2CO2)c(C)c1. The van der Waals surface area contributed by atoms with Gasteiger partial charge in [-0.1, -0.05) is 68.8 Å². The van der Waals surface area contributed by atoms with Crippen LogP contribution >= 0.6 is 0 Å². The summed E-state index contributed by atoms with van der Waals surface area (Å²) in [7, 11) is 0. The summed E-state index contributed by atoms with van der Waals surface area (Å²) in [4.78, 5) is 0. The van der Waals surface area contributed by atoms with E-state index in [4.69, 9.17) is 33.2 Å². The quantitative estimate of drug-likeness (QED) is 0.0681. The zero-order chi connectivity index (χ0) is 36.9. The highest BCUT2D eigenvalue weighted by Gasteiger charge is 2.26. The van der Waals surface area contributed by atoms with Crippen LogP contribution in [0.5, 0.6) is 0 Å². The summed E-state index contributed by atoms with van der Waals surface area (Å²) in [5.41, 5.74) is 7.42. The molecular weight excluding hydrogens is 640 g/mol. The molecule has 7 heteroatoms. The third-order valence-electron chi connectivity index (χ3n) is 8.22. The van der Waals surface area contributed by atoms with Crippen LogP contribution in [0.25, 0.3) is 11.6 Å². The van der Waals surface area contributed by atoms with Gasteiger partial charge in [0, 0.05) is 5.57 Å². The largest absolute Gasteiger partial charge is 0.491 e. The fraction of sp³-hybridized carbons (Fsp3) is 0.318. The van der Waals surface area contributed by atoms with E-state index in [-0.39, 0.29) is 18.3 Å². The molecule has 3 atom stereocenters. The predicted octanol–water partition coefficient (Wildman–Crippen LogP) is 9.56. The van der Waals surface area contributed by atoms with Crippen molar-refractivity contribution < 1.29 is 33.2 Å². The summed E-state index contributed by atoms with van der Waals surface area (Å²) in [6.45, 7) is 34.1. The van der Waals surface area contributed by atoms with E-state index in [1.54, 1.807) is 12.2 Å². The van der Waals surface area contributed by atoms with Crippen LogP contribution in [-0.4, -0.2) is 58.0 Å². The zero-order valence-electron chi connectivity index (χ0n) is 30.8. The molecule has 0 aliphatic carbocycles. The van der Waals surface area contributed by atoms with Gasteiger partial charge in [0.25, 0.3) is 0 Å². The number of hydrogen-bond donors (Lipinski definition) is 0. The first-order valence-electron chi connectivity index (χ1n) is 17.2.